The molecule has 2 unspecified atom stereocenters. The Bertz CT molecular complexity index is 101. The molecule has 1 saturated heterocycles. The highest BCUT2D eigenvalue weighted by atomic mass is 15.2. The fraction of sp³-hybridized carbons (Fsp3) is 1.00. The number of hydrogen-bond donors (Lipinski definition) is 1. The van der Waals surface area contributed by atoms with Crippen molar-refractivity contribution >= 4 is 0 Å². The van der Waals surface area contributed by atoms with Crippen molar-refractivity contribution in [2.75, 3.05) is 20.6 Å². The SMILES string of the molecule is CC1CCNC(N(C)C)C1. The van der Waals surface area contributed by atoms with E-state index in [9.17, 15) is 0 Å². The molecule has 0 bridgehead atoms. The van der Waals surface area contributed by atoms with Crippen LogP contribution in [-0.4, -0.2) is 31.7 Å². The molecule has 1 aliphatic rings. The van der Waals surface area contributed by atoms with Crippen LogP contribution in [0.25, 0.3) is 0 Å². The second kappa shape index (κ2) is 3.35. The molecule has 0 aromatic carbocycles. The Labute approximate surface area is 63.6 Å². The largest absolute Gasteiger partial charge is 0.302 e. The van der Waals surface area contributed by atoms with Crippen LogP contribution in [0.1, 0.15) is 19.8 Å². The number of nitrogens with one attached hydrogen (secondary N) is 1. The van der Waals surface area contributed by atoms with Crippen molar-refractivity contribution in [1.82, 2.24) is 10.2 Å². The van der Waals surface area contributed by atoms with Crippen LogP contribution >= 0.6 is 0 Å². The molecule has 2 nitrogen and oxygen atoms in total. The first-order chi connectivity index (χ1) is 4.70. The summed E-state index contributed by atoms with van der Waals surface area (Å²) in [4.78, 5) is 2.26. The summed E-state index contributed by atoms with van der Waals surface area (Å²) in [6.07, 6.45) is 3.25. The van der Waals surface area contributed by atoms with E-state index in [1.807, 2.05) is 0 Å². The number of nitrogens with zero attached hydrogens (tertiary/aromatic N) is 1. The summed E-state index contributed by atoms with van der Waals surface area (Å²) in [5, 5.41) is 3.47. The summed E-state index contributed by atoms with van der Waals surface area (Å²) < 4.78 is 0. The van der Waals surface area contributed by atoms with E-state index in [1.54, 1.807) is 0 Å². The molecular weight excluding hydrogens is 124 g/mol. The van der Waals surface area contributed by atoms with Crippen molar-refractivity contribution in [3.8, 4) is 0 Å². The molecule has 1 fully saturated rings. The molecule has 0 aromatic heterocycles. The van der Waals surface area contributed by atoms with Gasteiger partial charge in [-0.3, -0.25) is 4.90 Å². The number of piperidine rings is 1. The van der Waals surface area contributed by atoms with Crippen LogP contribution in [0.5, 0.6) is 0 Å². The van der Waals surface area contributed by atoms with Crippen LogP contribution in [0.2, 0.25) is 0 Å². The third-order valence-electron chi connectivity index (χ3n) is 2.27. The van der Waals surface area contributed by atoms with E-state index in [4.69, 9.17) is 0 Å². The molecule has 2 heteroatoms. The highest BCUT2D eigenvalue weighted by Crippen LogP contribution is 2.15. The third kappa shape index (κ3) is 1.96. The van der Waals surface area contributed by atoms with E-state index in [0.717, 1.165) is 5.92 Å². The average molecular weight is 142 g/mol. The fourth-order valence-corrected chi connectivity index (χ4v) is 1.47. The zero-order valence-corrected chi connectivity index (χ0v) is 7.22. The van der Waals surface area contributed by atoms with Gasteiger partial charge in [0.15, 0.2) is 0 Å². The third-order valence-corrected chi connectivity index (χ3v) is 2.27. The van der Waals surface area contributed by atoms with Crippen molar-refractivity contribution in [2.24, 2.45) is 5.92 Å². The minimum Gasteiger partial charge on any atom is -0.302 e. The Morgan fingerprint density at radius 2 is 2.10 bits per heavy atom. The number of rotatable bonds is 1. The minimum absolute atomic E-state index is 0.615. The molecule has 60 valence electrons. The van der Waals surface area contributed by atoms with Crippen molar-refractivity contribution < 1.29 is 0 Å². The maximum absolute atomic E-state index is 3.47. The number of hydrogen-bond acceptors (Lipinski definition) is 2. The van der Waals surface area contributed by atoms with Gasteiger partial charge in [0.1, 0.15) is 0 Å². The second-order valence-electron chi connectivity index (χ2n) is 3.56. The monoisotopic (exact) mass is 142 g/mol. The van der Waals surface area contributed by atoms with Gasteiger partial charge in [0.25, 0.3) is 0 Å². The molecule has 0 aliphatic carbocycles. The van der Waals surface area contributed by atoms with Gasteiger partial charge < -0.3 is 5.32 Å². The van der Waals surface area contributed by atoms with Crippen molar-refractivity contribution in [3.63, 3.8) is 0 Å². The van der Waals surface area contributed by atoms with E-state index >= 15 is 0 Å². The van der Waals surface area contributed by atoms with Crippen LogP contribution in [0.3, 0.4) is 0 Å². The van der Waals surface area contributed by atoms with Crippen LogP contribution in [0.4, 0.5) is 0 Å². The Balaban J connectivity index is 2.32. The lowest BCUT2D eigenvalue weighted by molar-refractivity contribution is 0.172. The first-order valence-electron chi connectivity index (χ1n) is 4.10. The fourth-order valence-electron chi connectivity index (χ4n) is 1.47. The summed E-state index contributed by atoms with van der Waals surface area (Å²) in [6.45, 7) is 3.52. The Morgan fingerprint density at radius 1 is 1.40 bits per heavy atom. The molecular formula is C8H18N2. The van der Waals surface area contributed by atoms with E-state index in [0.29, 0.717) is 6.17 Å². The summed E-state index contributed by atoms with van der Waals surface area (Å²) in [5.74, 6) is 0.897. The van der Waals surface area contributed by atoms with Gasteiger partial charge in [0, 0.05) is 0 Å². The van der Waals surface area contributed by atoms with E-state index in [-0.39, 0.29) is 0 Å². The van der Waals surface area contributed by atoms with Gasteiger partial charge in [-0.15, -0.1) is 0 Å². The van der Waals surface area contributed by atoms with Gasteiger partial charge in [-0.1, -0.05) is 6.92 Å². The van der Waals surface area contributed by atoms with Crippen molar-refractivity contribution in [3.05, 3.63) is 0 Å². The van der Waals surface area contributed by atoms with E-state index in [2.05, 4.69) is 31.2 Å². The normalized spacial score (nSPS) is 34.8. The second-order valence-corrected chi connectivity index (χ2v) is 3.56. The van der Waals surface area contributed by atoms with Crippen molar-refractivity contribution in [1.29, 1.82) is 0 Å². The van der Waals surface area contributed by atoms with Crippen LogP contribution in [0.15, 0.2) is 0 Å². The van der Waals surface area contributed by atoms with Crippen molar-refractivity contribution in [2.45, 2.75) is 25.9 Å². The summed E-state index contributed by atoms with van der Waals surface area (Å²) in [6, 6.07) is 0. The zero-order valence-electron chi connectivity index (χ0n) is 7.22. The summed E-state index contributed by atoms with van der Waals surface area (Å²) in [5.41, 5.74) is 0. The maximum atomic E-state index is 3.47. The average Bonchev–Trinajstić information content (AvgIpc) is 1.88. The summed E-state index contributed by atoms with van der Waals surface area (Å²) >= 11 is 0. The quantitative estimate of drug-likeness (QED) is 0.585. The highest BCUT2D eigenvalue weighted by Gasteiger charge is 2.18. The minimum atomic E-state index is 0.615. The van der Waals surface area contributed by atoms with Gasteiger partial charge >= 0.3 is 0 Å². The molecule has 1 N–H and O–H groups in total. The van der Waals surface area contributed by atoms with Crippen LogP contribution in [0, 0.1) is 5.92 Å². The molecule has 10 heavy (non-hydrogen) atoms. The lowest BCUT2D eigenvalue weighted by Crippen LogP contribution is -2.46. The predicted molar refractivity (Wildman–Crippen MR) is 43.9 cm³/mol. The summed E-state index contributed by atoms with van der Waals surface area (Å²) in [7, 11) is 4.27. The molecule has 2 atom stereocenters. The first kappa shape index (κ1) is 8.02. The Hall–Kier alpha value is -0.0800. The maximum Gasteiger partial charge on any atom is 0.0594 e. The molecule has 0 saturated carbocycles. The predicted octanol–water partition coefficient (Wildman–Crippen LogP) is 0.894. The smallest absolute Gasteiger partial charge is 0.0594 e. The highest BCUT2D eigenvalue weighted by molar-refractivity contribution is 4.73. The van der Waals surface area contributed by atoms with Gasteiger partial charge in [-0.2, -0.15) is 0 Å². The molecule has 0 radical (unpaired) electrons. The molecule has 1 rings (SSSR count). The van der Waals surface area contributed by atoms with E-state index < -0.39 is 0 Å². The van der Waals surface area contributed by atoms with Gasteiger partial charge in [-0.05, 0) is 39.4 Å². The van der Waals surface area contributed by atoms with Gasteiger partial charge in [0.05, 0.1) is 6.17 Å². The molecule has 0 spiro atoms. The molecule has 1 heterocycles. The van der Waals surface area contributed by atoms with Crippen LogP contribution in [-0.2, 0) is 0 Å². The molecule has 1 aliphatic heterocycles. The van der Waals surface area contributed by atoms with Crippen LogP contribution < -0.4 is 5.32 Å². The lowest BCUT2D eigenvalue weighted by Gasteiger charge is -2.32. The zero-order chi connectivity index (χ0) is 7.56. The van der Waals surface area contributed by atoms with Gasteiger partial charge in [0.2, 0.25) is 0 Å². The first-order valence-corrected chi connectivity index (χ1v) is 4.10. The Kier molecular flexibility index (Phi) is 2.69. The Morgan fingerprint density at radius 3 is 2.50 bits per heavy atom. The molecule has 0 amide bonds. The topological polar surface area (TPSA) is 15.3 Å². The van der Waals surface area contributed by atoms with E-state index in [1.165, 1.54) is 19.4 Å². The standard InChI is InChI=1S/C8H18N2/c1-7-4-5-9-8(6-7)10(2)3/h7-9H,4-6H2,1-3H3. The molecule has 0 aromatic rings. The lowest BCUT2D eigenvalue weighted by atomic mass is 9.98. The van der Waals surface area contributed by atoms with Gasteiger partial charge in [-0.25, -0.2) is 0 Å².